The molecule has 1 rings (SSSR count). The molecular formula is C14H23N3O5. The first kappa shape index (κ1) is 18.2. The van der Waals surface area contributed by atoms with Crippen molar-refractivity contribution in [3.8, 4) is 11.5 Å². The fourth-order valence-electron chi connectivity index (χ4n) is 1.76. The Labute approximate surface area is 129 Å². The zero-order valence-electron chi connectivity index (χ0n) is 12.6. The molecule has 1 aromatic rings. The van der Waals surface area contributed by atoms with E-state index in [1.165, 1.54) is 13.2 Å². The van der Waals surface area contributed by atoms with Crippen molar-refractivity contribution in [1.29, 1.82) is 0 Å². The summed E-state index contributed by atoms with van der Waals surface area (Å²) in [6, 6.07) is 3.16. The number of carbonyl (C=O) groups is 1. The second kappa shape index (κ2) is 9.96. The maximum absolute atomic E-state index is 11.7. The summed E-state index contributed by atoms with van der Waals surface area (Å²) in [6.45, 7) is 1.51. The van der Waals surface area contributed by atoms with Crippen LogP contribution in [0.15, 0.2) is 12.1 Å². The number of ether oxygens (including phenoxy) is 3. The molecule has 0 fully saturated rings. The summed E-state index contributed by atoms with van der Waals surface area (Å²) >= 11 is 0. The topological polar surface area (TPSA) is 129 Å². The van der Waals surface area contributed by atoms with Crippen molar-refractivity contribution < 1.29 is 24.1 Å². The number of hydrogen-bond donors (Lipinski definition) is 4. The van der Waals surface area contributed by atoms with Gasteiger partial charge in [-0.15, -0.1) is 0 Å². The Hall–Kier alpha value is -1.87. The van der Waals surface area contributed by atoms with Crippen LogP contribution in [0.3, 0.4) is 0 Å². The second-order valence-electron chi connectivity index (χ2n) is 4.35. The molecule has 0 bridgehead atoms. The minimum absolute atomic E-state index is 0.0910. The van der Waals surface area contributed by atoms with Gasteiger partial charge in [-0.3, -0.25) is 4.79 Å². The Balaban J connectivity index is 2.47. The van der Waals surface area contributed by atoms with Crippen LogP contribution in [-0.4, -0.2) is 51.1 Å². The van der Waals surface area contributed by atoms with Crippen LogP contribution in [0.25, 0.3) is 0 Å². The molecule has 8 heteroatoms. The quantitative estimate of drug-likeness (QED) is 0.347. The van der Waals surface area contributed by atoms with Crippen LogP contribution < -0.4 is 21.5 Å². The lowest BCUT2D eigenvalue weighted by atomic mass is 10.1. The van der Waals surface area contributed by atoms with Gasteiger partial charge in [-0.05, 0) is 12.1 Å². The van der Waals surface area contributed by atoms with Gasteiger partial charge in [0.1, 0.15) is 18.1 Å². The van der Waals surface area contributed by atoms with E-state index >= 15 is 0 Å². The SMILES string of the molecule is COc1ccc(NC(=O)COCCOCCN)c(O)c1CN. The Bertz CT molecular complexity index is 482. The number of benzene rings is 1. The number of rotatable bonds is 10. The zero-order chi connectivity index (χ0) is 16.4. The van der Waals surface area contributed by atoms with Gasteiger partial charge in [-0.2, -0.15) is 0 Å². The summed E-state index contributed by atoms with van der Waals surface area (Å²) in [4.78, 5) is 11.7. The van der Waals surface area contributed by atoms with Crippen molar-refractivity contribution in [2.45, 2.75) is 6.54 Å². The molecule has 0 unspecified atom stereocenters. The predicted octanol–water partition coefficient (Wildman–Crippen LogP) is -0.210. The standard InChI is InChI=1S/C14H23N3O5/c1-20-12-3-2-11(14(19)10(12)8-16)17-13(18)9-22-7-6-21-5-4-15/h2-3,19H,4-9,15-16H2,1H3,(H,17,18). The number of nitrogens with one attached hydrogen (secondary N) is 1. The van der Waals surface area contributed by atoms with E-state index in [1.807, 2.05) is 0 Å². The molecule has 6 N–H and O–H groups in total. The van der Waals surface area contributed by atoms with Crippen molar-refractivity contribution in [2.75, 3.05) is 45.4 Å². The minimum atomic E-state index is -0.387. The molecular weight excluding hydrogens is 290 g/mol. The van der Waals surface area contributed by atoms with Gasteiger partial charge in [-0.25, -0.2) is 0 Å². The molecule has 0 radical (unpaired) electrons. The average molecular weight is 313 g/mol. The molecule has 0 aliphatic heterocycles. The molecule has 1 aromatic carbocycles. The van der Waals surface area contributed by atoms with Crippen LogP contribution in [-0.2, 0) is 20.8 Å². The number of methoxy groups -OCH3 is 1. The van der Waals surface area contributed by atoms with Crippen LogP contribution in [0.2, 0.25) is 0 Å². The van der Waals surface area contributed by atoms with Crippen LogP contribution in [0, 0.1) is 0 Å². The van der Waals surface area contributed by atoms with Crippen molar-refractivity contribution in [1.82, 2.24) is 0 Å². The Morgan fingerprint density at radius 2 is 1.95 bits per heavy atom. The molecule has 0 aliphatic rings. The van der Waals surface area contributed by atoms with Gasteiger partial charge in [-0.1, -0.05) is 0 Å². The number of phenols is 1. The summed E-state index contributed by atoms with van der Waals surface area (Å²) in [5.74, 6) is -0.0324. The minimum Gasteiger partial charge on any atom is -0.505 e. The number of hydrogen-bond acceptors (Lipinski definition) is 7. The lowest BCUT2D eigenvalue weighted by molar-refractivity contribution is -0.121. The zero-order valence-corrected chi connectivity index (χ0v) is 12.6. The normalized spacial score (nSPS) is 10.5. The van der Waals surface area contributed by atoms with E-state index in [9.17, 15) is 9.90 Å². The van der Waals surface area contributed by atoms with E-state index in [4.69, 9.17) is 25.7 Å². The van der Waals surface area contributed by atoms with Crippen LogP contribution in [0.4, 0.5) is 5.69 Å². The van der Waals surface area contributed by atoms with Gasteiger partial charge >= 0.3 is 0 Å². The summed E-state index contributed by atoms with van der Waals surface area (Å²) in [6.07, 6.45) is 0. The first-order chi connectivity index (χ1) is 10.6. The maximum Gasteiger partial charge on any atom is 0.250 e. The Morgan fingerprint density at radius 3 is 2.59 bits per heavy atom. The van der Waals surface area contributed by atoms with Gasteiger partial charge in [0, 0.05) is 13.1 Å². The van der Waals surface area contributed by atoms with Crippen LogP contribution >= 0.6 is 0 Å². The van der Waals surface area contributed by atoms with Crippen molar-refractivity contribution in [3.05, 3.63) is 17.7 Å². The fourth-order valence-corrected chi connectivity index (χ4v) is 1.76. The van der Waals surface area contributed by atoms with Gasteiger partial charge in [0.2, 0.25) is 5.91 Å². The van der Waals surface area contributed by atoms with E-state index in [1.54, 1.807) is 6.07 Å². The van der Waals surface area contributed by atoms with Crippen LogP contribution in [0.5, 0.6) is 11.5 Å². The first-order valence-corrected chi connectivity index (χ1v) is 6.88. The van der Waals surface area contributed by atoms with E-state index in [-0.39, 0.29) is 37.1 Å². The first-order valence-electron chi connectivity index (χ1n) is 6.88. The van der Waals surface area contributed by atoms with Gasteiger partial charge in [0.05, 0.1) is 38.2 Å². The predicted molar refractivity (Wildman–Crippen MR) is 81.9 cm³/mol. The third kappa shape index (κ3) is 5.49. The number of anilines is 1. The fraction of sp³-hybridized carbons (Fsp3) is 0.500. The number of aromatic hydroxyl groups is 1. The van der Waals surface area contributed by atoms with Crippen molar-refractivity contribution in [3.63, 3.8) is 0 Å². The van der Waals surface area contributed by atoms with E-state index in [2.05, 4.69) is 5.32 Å². The highest BCUT2D eigenvalue weighted by Gasteiger charge is 2.14. The number of nitrogens with two attached hydrogens (primary N) is 2. The highest BCUT2D eigenvalue weighted by Crippen LogP contribution is 2.34. The molecule has 0 atom stereocenters. The Morgan fingerprint density at radius 1 is 1.23 bits per heavy atom. The molecule has 124 valence electrons. The number of phenolic OH excluding ortho intramolecular Hbond substituents is 1. The molecule has 0 aliphatic carbocycles. The summed E-state index contributed by atoms with van der Waals surface area (Å²) in [7, 11) is 1.48. The number of carbonyl (C=O) groups excluding carboxylic acids is 1. The second-order valence-corrected chi connectivity index (χ2v) is 4.35. The lowest BCUT2D eigenvalue weighted by Crippen LogP contribution is -2.20. The molecule has 0 saturated carbocycles. The molecule has 0 spiro atoms. The number of amides is 1. The molecule has 8 nitrogen and oxygen atoms in total. The average Bonchev–Trinajstić information content (AvgIpc) is 2.52. The monoisotopic (exact) mass is 313 g/mol. The molecule has 0 saturated heterocycles. The van der Waals surface area contributed by atoms with Gasteiger partial charge in [0.25, 0.3) is 0 Å². The van der Waals surface area contributed by atoms with Crippen molar-refractivity contribution in [2.24, 2.45) is 11.5 Å². The lowest BCUT2D eigenvalue weighted by Gasteiger charge is -2.13. The smallest absolute Gasteiger partial charge is 0.250 e. The molecule has 0 aromatic heterocycles. The molecule has 1 amide bonds. The maximum atomic E-state index is 11.7. The third-order valence-corrected chi connectivity index (χ3v) is 2.81. The van der Waals surface area contributed by atoms with Crippen molar-refractivity contribution >= 4 is 11.6 Å². The molecule has 0 heterocycles. The highest BCUT2D eigenvalue weighted by molar-refractivity contribution is 5.93. The summed E-state index contributed by atoms with van der Waals surface area (Å²) in [5.41, 5.74) is 11.5. The van der Waals surface area contributed by atoms with E-state index < -0.39 is 0 Å². The molecule has 22 heavy (non-hydrogen) atoms. The third-order valence-electron chi connectivity index (χ3n) is 2.81. The summed E-state index contributed by atoms with van der Waals surface area (Å²) < 4.78 is 15.3. The van der Waals surface area contributed by atoms with Gasteiger partial charge in [0.15, 0.2) is 0 Å². The largest absolute Gasteiger partial charge is 0.505 e. The highest BCUT2D eigenvalue weighted by atomic mass is 16.5. The van der Waals surface area contributed by atoms with Gasteiger partial charge < -0.3 is 36.1 Å². The Kier molecular flexibility index (Phi) is 8.23. The van der Waals surface area contributed by atoms with Crippen LogP contribution in [0.1, 0.15) is 5.56 Å². The van der Waals surface area contributed by atoms with E-state index in [0.29, 0.717) is 31.1 Å². The summed E-state index contributed by atoms with van der Waals surface area (Å²) in [5, 5.41) is 12.6. The van der Waals surface area contributed by atoms with E-state index in [0.717, 1.165) is 0 Å².